The Bertz CT molecular complexity index is 819. The summed E-state index contributed by atoms with van der Waals surface area (Å²) in [6.07, 6.45) is 4.30. The van der Waals surface area contributed by atoms with Gasteiger partial charge >= 0.3 is 0 Å². The van der Waals surface area contributed by atoms with Crippen LogP contribution in [0, 0.1) is 0 Å². The first-order chi connectivity index (χ1) is 11.7. The van der Waals surface area contributed by atoms with E-state index in [1.807, 2.05) is 13.5 Å². The fourth-order valence-corrected chi connectivity index (χ4v) is 3.25. The highest BCUT2D eigenvalue weighted by Gasteiger charge is 2.13. The van der Waals surface area contributed by atoms with E-state index in [1.165, 1.54) is 5.56 Å². The standard InChI is InChI=1S/C18H16I2N4/c19-24(20)15-7-5-14(6-8-15)17-18(23-12-11-22-17)16-4-2-1-3-13(16)9-10-21/h1-8,11-12H,9-10,21H2. The van der Waals surface area contributed by atoms with E-state index in [2.05, 4.69) is 92.1 Å². The second-order valence-electron chi connectivity index (χ2n) is 5.23. The summed E-state index contributed by atoms with van der Waals surface area (Å²) in [5.74, 6) is 0. The molecule has 0 saturated carbocycles. The summed E-state index contributed by atoms with van der Waals surface area (Å²) >= 11 is 4.49. The quantitative estimate of drug-likeness (QED) is 0.372. The van der Waals surface area contributed by atoms with Crippen LogP contribution < -0.4 is 7.06 Å². The van der Waals surface area contributed by atoms with E-state index in [0.717, 1.165) is 34.6 Å². The molecule has 122 valence electrons. The Morgan fingerprint density at radius 3 is 2.21 bits per heavy atom. The number of rotatable bonds is 5. The topological polar surface area (TPSA) is 55.0 Å². The summed E-state index contributed by atoms with van der Waals surface area (Å²) in [7, 11) is 0. The molecule has 3 rings (SSSR count). The summed E-state index contributed by atoms with van der Waals surface area (Å²) in [5.41, 5.74) is 12.0. The Morgan fingerprint density at radius 2 is 1.54 bits per heavy atom. The molecule has 0 fully saturated rings. The fraction of sp³-hybridized carbons (Fsp3) is 0.111. The minimum Gasteiger partial charge on any atom is -0.330 e. The number of halogens is 2. The van der Waals surface area contributed by atoms with Crippen molar-refractivity contribution in [2.24, 2.45) is 5.73 Å². The van der Waals surface area contributed by atoms with Crippen LogP contribution in [-0.2, 0) is 6.42 Å². The lowest BCUT2D eigenvalue weighted by Gasteiger charge is -2.13. The highest BCUT2D eigenvalue weighted by Crippen LogP contribution is 2.32. The molecule has 1 aromatic heterocycles. The van der Waals surface area contributed by atoms with Gasteiger partial charge in [-0.1, -0.05) is 36.4 Å². The van der Waals surface area contributed by atoms with Crippen molar-refractivity contribution in [2.75, 3.05) is 7.87 Å². The Balaban J connectivity index is 2.09. The van der Waals surface area contributed by atoms with Crippen LogP contribution in [0.1, 0.15) is 5.56 Å². The average Bonchev–Trinajstić information content (AvgIpc) is 2.63. The van der Waals surface area contributed by atoms with Crippen molar-refractivity contribution in [1.29, 1.82) is 0 Å². The van der Waals surface area contributed by atoms with Crippen LogP contribution in [0.2, 0.25) is 0 Å². The zero-order chi connectivity index (χ0) is 16.9. The summed E-state index contributed by atoms with van der Waals surface area (Å²) < 4.78 is 2.02. The van der Waals surface area contributed by atoms with Crippen molar-refractivity contribution in [3.63, 3.8) is 0 Å². The van der Waals surface area contributed by atoms with Gasteiger partial charge in [0, 0.05) is 23.5 Å². The Morgan fingerprint density at radius 1 is 0.875 bits per heavy atom. The van der Waals surface area contributed by atoms with Crippen LogP contribution >= 0.6 is 45.7 Å². The molecule has 4 nitrogen and oxygen atoms in total. The van der Waals surface area contributed by atoms with Gasteiger partial charge in [-0.25, -0.2) is 0 Å². The van der Waals surface area contributed by atoms with Gasteiger partial charge in [-0.05, 0) is 30.7 Å². The van der Waals surface area contributed by atoms with Gasteiger partial charge in [0.1, 0.15) is 0 Å². The summed E-state index contributed by atoms with van der Waals surface area (Å²) in [4.78, 5) is 9.20. The minimum absolute atomic E-state index is 0.614. The molecule has 24 heavy (non-hydrogen) atoms. The van der Waals surface area contributed by atoms with Crippen molar-refractivity contribution in [3.05, 3.63) is 66.5 Å². The van der Waals surface area contributed by atoms with Crippen molar-refractivity contribution in [1.82, 2.24) is 9.97 Å². The lowest BCUT2D eigenvalue weighted by molar-refractivity contribution is 0.968. The van der Waals surface area contributed by atoms with Gasteiger partial charge in [-0.3, -0.25) is 11.3 Å². The van der Waals surface area contributed by atoms with E-state index >= 15 is 0 Å². The number of nitrogens with zero attached hydrogens (tertiary/aromatic N) is 3. The zero-order valence-corrected chi connectivity index (χ0v) is 17.2. The van der Waals surface area contributed by atoms with Crippen molar-refractivity contribution < 1.29 is 0 Å². The fourth-order valence-electron chi connectivity index (χ4n) is 2.60. The van der Waals surface area contributed by atoms with Crippen LogP contribution in [0.5, 0.6) is 0 Å². The Labute approximate surface area is 169 Å². The molecular weight excluding hydrogens is 526 g/mol. The molecule has 0 saturated heterocycles. The Hall–Kier alpha value is -1.26. The molecule has 2 N–H and O–H groups in total. The largest absolute Gasteiger partial charge is 0.330 e. The van der Waals surface area contributed by atoms with Gasteiger partial charge in [-0.15, -0.1) is 0 Å². The highest BCUT2D eigenvalue weighted by molar-refractivity contribution is 14.2. The molecule has 3 aromatic rings. The van der Waals surface area contributed by atoms with Crippen molar-refractivity contribution in [3.8, 4) is 22.5 Å². The molecule has 0 aliphatic rings. The van der Waals surface area contributed by atoms with E-state index < -0.39 is 0 Å². The molecule has 0 aliphatic heterocycles. The first-order valence-electron chi connectivity index (χ1n) is 7.52. The van der Waals surface area contributed by atoms with E-state index in [1.54, 1.807) is 12.4 Å². The van der Waals surface area contributed by atoms with Gasteiger partial charge in [0.25, 0.3) is 0 Å². The van der Waals surface area contributed by atoms with Crippen LogP contribution in [0.3, 0.4) is 0 Å². The van der Waals surface area contributed by atoms with Gasteiger partial charge in [-0.2, -0.15) is 0 Å². The summed E-state index contributed by atoms with van der Waals surface area (Å²) in [6.45, 7) is 0.614. The lowest BCUT2D eigenvalue weighted by atomic mass is 9.98. The molecule has 0 bridgehead atoms. The average molecular weight is 542 g/mol. The molecule has 0 atom stereocenters. The first-order valence-corrected chi connectivity index (χ1v) is 9.45. The molecule has 0 spiro atoms. The minimum atomic E-state index is 0.614. The molecule has 6 heteroatoms. The molecule has 0 unspecified atom stereocenters. The van der Waals surface area contributed by atoms with Gasteiger partial charge in [0.15, 0.2) is 0 Å². The third-order valence-corrected chi connectivity index (χ3v) is 4.83. The SMILES string of the molecule is NCCc1ccccc1-c1nccnc1-c1ccc(N(I)I)cc1. The molecule has 0 amide bonds. The lowest BCUT2D eigenvalue weighted by Crippen LogP contribution is -2.05. The third kappa shape index (κ3) is 3.86. The molecule has 2 aromatic carbocycles. The maximum atomic E-state index is 5.76. The summed E-state index contributed by atoms with van der Waals surface area (Å²) in [5, 5.41) is 0. The van der Waals surface area contributed by atoms with Gasteiger partial charge in [0.2, 0.25) is 0 Å². The second-order valence-corrected chi connectivity index (χ2v) is 9.01. The number of benzene rings is 2. The van der Waals surface area contributed by atoms with Crippen molar-refractivity contribution in [2.45, 2.75) is 6.42 Å². The predicted octanol–water partition coefficient (Wildman–Crippen LogP) is 4.82. The summed E-state index contributed by atoms with van der Waals surface area (Å²) in [6, 6.07) is 16.6. The predicted molar refractivity (Wildman–Crippen MR) is 116 cm³/mol. The van der Waals surface area contributed by atoms with Crippen LogP contribution in [0.25, 0.3) is 22.5 Å². The number of anilines is 1. The normalized spacial score (nSPS) is 10.6. The number of hydrogen-bond acceptors (Lipinski definition) is 4. The molecular formula is C18H16I2N4. The van der Waals surface area contributed by atoms with E-state index in [-0.39, 0.29) is 0 Å². The third-order valence-electron chi connectivity index (χ3n) is 3.72. The monoisotopic (exact) mass is 542 g/mol. The highest BCUT2D eigenvalue weighted by atomic mass is 127. The number of hydrogen-bond donors (Lipinski definition) is 1. The molecule has 0 aliphatic carbocycles. The molecule has 1 heterocycles. The van der Waals surface area contributed by atoms with Crippen LogP contribution in [0.15, 0.2) is 60.9 Å². The second kappa shape index (κ2) is 8.21. The maximum Gasteiger partial charge on any atom is 0.0967 e. The van der Waals surface area contributed by atoms with E-state index in [4.69, 9.17) is 5.73 Å². The Kier molecular flexibility index (Phi) is 6.01. The van der Waals surface area contributed by atoms with E-state index in [9.17, 15) is 0 Å². The van der Waals surface area contributed by atoms with Crippen LogP contribution in [0.4, 0.5) is 5.69 Å². The first kappa shape index (κ1) is 17.6. The van der Waals surface area contributed by atoms with E-state index in [0.29, 0.717) is 6.54 Å². The zero-order valence-electron chi connectivity index (χ0n) is 12.9. The maximum absolute atomic E-state index is 5.76. The molecule has 0 radical (unpaired) electrons. The van der Waals surface area contributed by atoms with Crippen molar-refractivity contribution >= 4 is 51.4 Å². The van der Waals surface area contributed by atoms with Crippen LogP contribution in [-0.4, -0.2) is 16.5 Å². The number of aromatic nitrogens is 2. The van der Waals surface area contributed by atoms with Gasteiger partial charge < -0.3 is 5.73 Å². The smallest absolute Gasteiger partial charge is 0.0967 e. The number of nitrogens with two attached hydrogens (primary N) is 1. The van der Waals surface area contributed by atoms with Gasteiger partial charge in [0.05, 0.1) is 62.8 Å².